The number of halogens is 3. The maximum Gasteiger partial charge on any atom is 0.416 e. The molecule has 0 spiro atoms. The monoisotopic (exact) mass is 292 g/mol. The second-order valence-electron chi connectivity index (χ2n) is 5.08. The summed E-state index contributed by atoms with van der Waals surface area (Å²) in [6.07, 6.45) is -3.90. The van der Waals surface area contributed by atoms with E-state index in [9.17, 15) is 18.0 Å². The number of hydrogen-bond donors (Lipinski definition) is 0. The Bertz CT molecular complexity index is 627. The van der Waals surface area contributed by atoms with Gasteiger partial charge in [0.05, 0.1) is 5.56 Å². The van der Waals surface area contributed by atoms with Crippen molar-refractivity contribution in [3.63, 3.8) is 0 Å². The molecule has 0 aliphatic carbocycles. The minimum atomic E-state index is -4.34. The average Bonchev–Trinajstić information content (AvgIpc) is 2.38. The van der Waals surface area contributed by atoms with E-state index in [1.54, 1.807) is 0 Å². The van der Waals surface area contributed by atoms with Gasteiger partial charge in [0.15, 0.2) is 0 Å². The molecule has 0 heterocycles. The fourth-order valence-corrected chi connectivity index (χ4v) is 2.15. The van der Waals surface area contributed by atoms with Crippen molar-refractivity contribution in [3.05, 3.63) is 70.8 Å². The van der Waals surface area contributed by atoms with E-state index < -0.39 is 11.7 Å². The quantitative estimate of drug-likeness (QED) is 0.818. The molecule has 0 saturated carbocycles. The van der Waals surface area contributed by atoms with Gasteiger partial charge in [0, 0.05) is 12.8 Å². The lowest BCUT2D eigenvalue weighted by molar-refractivity contribution is -0.137. The molecule has 0 aliphatic heterocycles. The highest BCUT2D eigenvalue weighted by atomic mass is 19.4. The molecule has 2 rings (SSSR count). The second kappa shape index (κ2) is 6.12. The van der Waals surface area contributed by atoms with Crippen molar-refractivity contribution in [2.24, 2.45) is 0 Å². The van der Waals surface area contributed by atoms with Crippen LogP contribution in [-0.4, -0.2) is 5.78 Å². The zero-order valence-corrected chi connectivity index (χ0v) is 11.6. The predicted molar refractivity (Wildman–Crippen MR) is 75.0 cm³/mol. The van der Waals surface area contributed by atoms with Gasteiger partial charge in [-0.15, -0.1) is 0 Å². The van der Waals surface area contributed by atoms with E-state index in [2.05, 4.69) is 0 Å². The first-order chi connectivity index (χ1) is 9.84. The van der Waals surface area contributed by atoms with E-state index in [0.29, 0.717) is 12.0 Å². The van der Waals surface area contributed by atoms with Crippen molar-refractivity contribution in [1.82, 2.24) is 0 Å². The van der Waals surface area contributed by atoms with E-state index in [-0.39, 0.29) is 12.2 Å². The Kier molecular flexibility index (Phi) is 4.46. The molecule has 0 amide bonds. The van der Waals surface area contributed by atoms with Gasteiger partial charge in [0.1, 0.15) is 5.78 Å². The van der Waals surface area contributed by atoms with Gasteiger partial charge in [-0.25, -0.2) is 0 Å². The third kappa shape index (κ3) is 4.45. The molecule has 110 valence electrons. The van der Waals surface area contributed by atoms with E-state index in [1.165, 1.54) is 12.1 Å². The molecule has 2 aromatic rings. The van der Waals surface area contributed by atoms with Crippen LogP contribution in [0, 0.1) is 6.92 Å². The molecule has 0 N–H and O–H groups in total. The second-order valence-corrected chi connectivity index (χ2v) is 5.08. The third-order valence-corrected chi connectivity index (χ3v) is 3.17. The molecule has 0 fully saturated rings. The fourth-order valence-electron chi connectivity index (χ4n) is 2.15. The Balaban J connectivity index is 2.00. The molecular weight excluding hydrogens is 277 g/mol. The predicted octanol–water partition coefficient (Wildman–Crippen LogP) is 4.37. The standard InChI is InChI=1S/C17H15F3O/c1-12-3-2-4-14(9-12)11-16(21)10-13-5-7-15(8-6-13)17(18,19)20/h2-9H,10-11H2,1H3. The first kappa shape index (κ1) is 15.3. The third-order valence-electron chi connectivity index (χ3n) is 3.17. The van der Waals surface area contributed by atoms with Crippen LogP contribution in [0.15, 0.2) is 48.5 Å². The van der Waals surface area contributed by atoms with Crippen molar-refractivity contribution in [1.29, 1.82) is 0 Å². The summed E-state index contributed by atoms with van der Waals surface area (Å²) >= 11 is 0. The number of carbonyl (C=O) groups excluding carboxylic acids is 1. The van der Waals surface area contributed by atoms with Crippen LogP contribution >= 0.6 is 0 Å². The number of rotatable bonds is 4. The molecule has 0 bridgehead atoms. The van der Waals surface area contributed by atoms with Gasteiger partial charge in [0.2, 0.25) is 0 Å². The SMILES string of the molecule is Cc1cccc(CC(=O)Cc2ccc(C(F)(F)F)cc2)c1. The zero-order chi connectivity index (χ0) is 15.5. The van der Waals surface area contributed by atoms with Crippen molar-refractivity contribution < 1.29 is 18.0 Å². The van der Waals surface area contributed by atoms with Gasteiger partial charge in [-0.1, -0.05) is 42.0 Å². The lowest BCUT2D eigenvalue weighted by Gasteiger charge is -2.07. The molecule has 1 nitrogen and oxygen atoms in total. The van der Waals surface area contributed by atoms with Crippen LogP contribution in [0.4, 0.5) is 13.2 Å². The molecule has 0 atom stereocenters. The number of alkyl halides is 3. The zero-order valence-electron chi connectivity index (χ0n) is 11.6. The molecule has 0 aliphatic rings. The van der Waals surface area contributed by atoms with Gasteiger partial charge in [-0.2, -0.15) is 13.2 Å². The molecule has 4 heteroatoms. The molecule has 0 radical (unpaired) electrons. The Morgan fingerprint density at radius 3 is 2.14 bits per heavy atom. The van der Waals surface area contributed by atoms with Gasteiger partial charge in [0.25, 0.3) is 0 Å². The number of ketones is 1. The largest absolute Gasteiger partial charge is 0.416 e. The van der Waals surface area contributed by atoms with Crippen LogP contribution < -0.4 is 0 Å². The Morgan fingerprint density at radius 2 is 1.57 bits per heavy atom. The minimum absolute atomic E-state index is 0.0136. The minimum Gasteiger partial charge on any atom is -0.299 e. The Morgan fingerprint density at radius 1 is 0.952 bits per heavy atom. The molecule has 0 aromatic heterocycles. The summed E-state index contributed by atoms with van der Waals surface area (Å²) in [7, 11) is 0. The van der Waals surface area contributed by atoms with Crippen LogP contribution in [0.25, 0.3) is 0 Å². The average molecular weight is 292 g/mol. The lowest BCUT2D eigenvalue weighted by Crippen LogP contribution is -2.08. The van der Waals surface area contributed by atoms with E-state index in [0.717, 1.165) is 23.3 Å². The highest BCUT2D eigenvalue weighted by molar-refractivity contribution is 5.83. The van der Waals surface area contributed by atoms with Crippen molar-refractivity contribution in [2.75, 3.05) is 0 Å². The van der Waals surface area contributed by atoms with Gasteiger partial charge in [-0.3, -0.25) is 4.79 Å². The summed E-state index contributed by atoms with van der Waals surface area (Å²) in [5.74, 6) is -0.0136. The lowest BCUT2D eigenvalue weighted by atomic mass is 10.0. The normalized spacial score (nSPS) is 11.4. The first-order valence-electron chi connectivity index (χ1n) is 6.58. The number of hydrogen-bond acceptors (Lipinski definition) is 1. The van der Waals surface area contributed by atoms with Gasteiger partial charge in [-0.05, 0) is 30.2 Å². The van der Waals surface area contributed by atoms with Crippen LogP contribution in [-0.2, 0) is 23.8 Å². The van der Waals surface area contributed by atoms with Crippen molar-refractivity contribution in [3.8, 4) is 0 Å². The maximum atomic E-state index is 12.4. The molecule has 0 unspecified atom stereocenters. The molecule has 2 aromatic carbocycles. The summed E-state index contributed by atoms with van der Waals surface area (Å²) in [6.45, 7) is 1.95. The molecular formula is C17H15F3O. The smallest absolute Gasteiger partial charge is 0.299 e. The maximum absolute atomic E-state index is 12.4. The van der Waals surface area contributed by atoms with Crippen LogP contribution in [0.2, 0.25) is 0 Å². The van der Waals surface area contributed by atoms with Crippen LogP contribution in [0.1, 0.15) is 22.3 Å². The van der Waals surface area contributed by atoms with Crippen LogP contribution in [0.3, 0.4) is 0 Å². The number of aryl methyl sites for hydroxylation is 1. The Labute approximate surface area is 121 Å². The molecule has 0 saturated heterocycles. The van der Waals surface area contributed by atoms with Gasteiger partial charge >= 0.3 is 6.18 Å². The number of benzene rings is 2. The van der Waals surface area contributed by atoms with E-state index >= 15 is 0 Å². The summed E-state index contributed by atoms with van der Waals surface area (Å²) in [4.78, 5) is 12.0. The summed E-state index contributed by atoms with van der Waals surface area (Å²) in [5, 5.41) is 0. The van der Waals surface area contributed by atoms with Gasteiger partial charge < -0.3 is 0 Å². The first-order valence-corrected chi connectivity index (χ1v) is 6.58. The fraction of sp³-hybridized carbons (Fsp3) is 0.235. The topological polar surface area (TPSA) is 17.1 Å². The summed E-state index contributed by atoms with van der Waals surface area (Å²) in [5.41, 5.74) is 1.90. The van der Waals surface area contributed by atoms with Crippen LogP contribution in [0.5, 0.6) is 0 Å². The Hall–Kier alpha value is -2.10. The van der Waals surface area contributed by atoms with E-state index in [4.69, 9.17) is 0 Å². The number of Topliss-reactive ketones (excluding diaryl/α,β-unsaturated/α-hetero) is 1. The van der Waals surface area contributed by atoms with Crippen molar-refractivity contribution >= 4 is 5.78 Å². The van der Waals surface area contributed by atoms with E-state index in [1.807, 2.05) is 31.2 Å². The highest BCUT2D eigenvalue weighted by Crippen LogP contribution is 2.29. The van der Waals surface area contributed by atoms with Crippen molar-refractivity contribution in [2.45, 2.75) is 25.9 Å². The summed E-state index contributed by atoms with van der Waals surface area (Å²) < 4.78 is 37.3. The summed E-state index contributed by atoms with van der Waals surface area (Å²) in [6, 6.07) is 12.4. The molecule has 21 heavy (non-hydrogen) atoms. The number of carbonyl (C=O) groups is 1. The highest BCUT2D eigenvalue weighted by Gasteiger charge is 2.29.